The Bertz CT molecular complexity index is 359. The summed E-state index contributed by atoms with van der Waals surface area (Å²) in [4.78, 5) is 0. The summed E-state index contributed by atoms with van der Waals surface area (Å²) in [5.41, 5.74) is 0. The van der Waals surface area contributed by atoms with Crippen LogP contribution in [0.5, 0.6) is 0 Å². The molecule has 138 valence electrons. The monoisotopic (exact) mass is 474 g/mol. The van der Waals surface area contributed by atoms with Crippen LogP contribution in [-0.2, 0) is 47.0 Å². The van der Waals surface area contributed by atoms with Gasteiger partial charge in [0.2, 0.25) is 0 Å². The Morgan fingerprint density at radius 1 is 0.667 bits per heavy atom. The predicted molar refractivity (Wildman–Crippen MR) is 78.2 cm³/mol. The van der Waals surface area contributed by atoms with Crippen LogP contribution < -0.4 is 29.6 Å². The Morgan fingerprint density at radius 2 is 0.875 bits per heavy atom. The third kappa shape index (κ3) is 107. The number of hydrogen-bond acceptors (Lipinski definition) is 8. The minimum atomic E-state index is -5.17. The van der Waals surface area contributed by atoms with E-state index < -0.39 is 20.8 Å². The molecule has 8 nitrogen and oxygen atoms in total. The van der Waals surface area contributed by atoms with Crippen LogP contribution in [0.1, 0.15) is 71.1 Å². The van der Waals surface area contributed by atoms with Crippen molar-refractivity contribution in [1.29, 1.82) is 0 Å². The molecule has 0 N–H and O–H groups in total. The van der Waals surface area contributed by atoms with E-state index in [0.29, 0.717) is 0 Å². The molecule has 0 aromatic carbocycles. The molecule has 24 heavy (non-hydrogen) atoms. The van der Waals surface area contributed by atoms with E-state index in [9.17, 15) is 0 Å². The van der Waals surface area contributed by atoms with E-state index in [2.05, 4.69) is 13.8 Å². The average Bonchev–Trinajstić information content (AvgIpc) is 2.28. The van der Waals surface area contributed by atoms with Crippen LogP contribution in [0.3, 0.4) is 0 Å². The smallest absolute Gasteiger partial charge is 0.759 e. The second kappa shape index (κ2) is 24.6. The van der Waals surface area contributed by atoms with E-state index in [0.717, 1.165) is 6.42 Å². The SMILES string of the molecule is O=S(=O)([O-])[O-].O=S(=O)([O-])[O-].[CH2-]CCCCCCCCCCC.[Na+].[Zr+4]. The summed E-state index contributed by atoms with van der Waals surface area (Å²) in [7, 11) is -10.3. The molecule has 0 heterocycles. The fourth-order valence-corrected chi connectivity index (χ4v) is 1.49. The number of unbranched alkanes of at least 4 members (excludes halogenated alkanes) is 9. The van der Waals surface area contributed by atoms with Crippen molar-refractivity contribution in [3.63, 3.8) is 0 Å². The summed E-state index contributed by atoms with van der Waals surface area (Å²) in [5.74, 6) is 0. The van der Waals surface area contributed by atoms with E-state index in [-0.39, 0.29) is 55.8 Å². The van der Waals surface area contributed by atoms with E-state index in [1.54, 1.807) is 0 Å². The molecule has 0 aromatic heterocycles. The molecule has 0 saturated heterocycles. The molecule has 0 atom stereocenters. The molecule has 0 aromatic rings. The van der Waals surface area contributed by atoms with Gasteiger partial charge in [0.1, 0.15) is 0 Å². The predicted octanol–water partition coefficient (Wildman–Crippen LogP) is -0.933. The van der Waals surface area contributed by atoms with Crippen LogP contribution in [0, 0.1) is 6.92 Å². The van der Waals surface area contributed by atoms with Crippen LogP contribution >= 0.6 is 0 Å². The zero-order valence-corrected chi connectivity index (χ0v) is 20.5. The van der Waals surface area contributed by atoms with Crippen LogP contribution in [0.15, 0.2) is 0 Å². The Balaban J connectivity index is -0.0000000847. The molecular weight excluding hydrogens is 450 g/mol. The zero-order valence-electron chi connectivity index (χ0n) is 14.4. The first-order valence-corrected chi connectivity index (χ1v) is 9.71. The van der Waals surface area contributed by atoms with Gasteiger partial charge in [-0.2, -0.15) is 6.42 Å². The van der Waals surface area contributed by atoms with Crippen LogP contribution in [0.2, 0.25) is 0 Å². The molecule has 0 spiro atoms. The standard InChI is InChI=1S/C12H25.Na.2H2O4S.Zr/c1-3-5-7-9-11-12-10-8-6-4-2;;2*1-5(2,3)4;/h1,3-12H2,2H3;;2*(H2,1,2,3,4);/q-1;+1;;;+4/p-4. The van der Waals surface area contributed by atoms with Crippen molar-refractivity contribution in [3.05, 3.63) is 6.92 Å². The Labute approximate surface area is 188 Å². The molecule has 0 saturated carbocycles. The molecule has 0 amide bonds. The summed E-state index contributed by atoms with van der Waals surface area (Å²) in [6, 6.07) is 0. The molecule has 0 fully saturated rings. The van der Waals surface area contributed by atoms with E-state index in [4.69, 9.17) is 35.0 Å². The summed E-state index contributed by atoms with van der Waals surface area (Å²) in [6.45, 7) is 6.12. The van der Waals surface area contributed by atoms with Gasteiger partial charge in [0, 0.05) is 20.8 Å². The number of rotatable bonds is 9. The molecule has 0 aliphatic heterocycles. The van der Waals surface area contributed by atoms with Crippen molar-refractivity contribution in [1.82, 2.24) is 0 Å². The normalized spacial score (nSPS) is 10.1. The van der Waals surface area contributed by atoms with Gasteiger partial charge in [0.15, 0.2) is 0 Å². The maximum absolute atomic E-state index is 8.52. The number of hydrogen-bond donors (Lipinski definition) is 0. The molecule has 0 rings (SSSR count). The first-order valence-electron chi connectivity index (χ1n) is 7.04. The fourth-order valence-electron chi connectivity index (χ4n) is 1.49. The summed E-state index contributed by atoms with van der Waals surface area (Å²) in [6.07, 6.45) is 13.9. The van der Waals surface area contributed by atoms with Crippen molar-refractivity contribution < 1.29 is 90.8 Å². The molecule has 0 aliphatic carbocycles. The molecule has 0 bridgehead atoms. The second-order valence-electron chi connectivity index (χ2n) is 4.50. The van der Waals surface area contributed by atoms with Gasteiger partial charge in [-0.3, -0.25) is 16.8 Å². The maximum atomic E-state index is 8.52. The first-order chi connectivity index (χ1) is 9.91. The second-order valence-corrected chi connectivity index (χ2v) is 6.13. The van der Waals surface area contributed by atoms with Crippen molar-refractivity contribution in [3.8, 4) is 0 Å². The Kier molecular flexibility index (Phi) is 37.5. The van der Waals surface area contributed by atoms with Crippen molar-refractivity contribution in [2.45, 2.75) is 71.1 Å². The topological polar surface area (TPSA) is 161 Å². The molecule has 0 radical (unpaired) electrons. The van der Waals surface area contributed by atoms with Crippen molar-refractivity contribution >= 4 is 20.8 Å². The maximum Gasteiger partial charge on any atom is 4.00 e. The van der Waals surface area contributed by atoms with E-state index in [1.165, 1.54) is 57.8 Å². The van der Waals surface area contributed by atoms with E-state index >= 15 is 0 Å². The van der Waals surface area contributed by atoms with Gasteiger partial charge >= 0.3 is 55.8 Å². The van der Waals surface area contributed by atoms with Gasteiger partial charge in [-0.05, 0) is 0 Å². The van der Waals surface area contributed by atoms with Gasteiger partial charge in [0.05, 0.1) is 0 Å². The quantitative estimate of drug-likeness (QED) is 0.136. The summed E-state index contributed by atoms with van der Waals surface area (Å²) < 4.78 is 68.2. The Morgan fingerprint density at radius 3 is 1.08 bits per heavy atom. The fraction of sp³-hybridized carbons (Fsp3) is 0.917. The van der Waals surface area contributed by atoms with Gasteiger partial charge in [-0.1, -0.05) is 64.7 Å². The van der Waals surface area contributed by atoms with Crippen LogP contribution in [0.25, 0.3) is 0 Å². The van der Waals surface area contributed by atoms with E-state index in [1.807, 2.05) is 0 Å². The molecule has 12 heteroatoms. The van der Waals surface area contributed by atoms with Gasteiger partial charge in [0.25, 0.3) is 0 Å². The molecular formula is C12H25NaO8S2Zr. The van der Waals surface area contributed by atoms with Gasteiger partial charge < -0.3 is 25.1 Å². The van der Waals surface area contributed by atoms with Gasteiger partial charge in [-0.15, -0.1) is 0 Å². The molecule has 0 unspecified atom stereocenters. The van der Waals surface area contributed by atoms with Crippen molar-refractivity contribution in [2.24, 2.45) is 0 Å². The average molecular weight is 476 g/mol. The minimum absolute atomic E-state index is 0. The Hall–Kier alpha value is 1.62. The van der Waals surface area contributed by atoms with Crippen LogP contribution in [-0.4, -0.2) is 35.0 Å². The zero-order chi connectivity index (χ0) is 18.1. The summed E-state index contributed by atoms with van der Waals surface area (Å²) >= 11 is 0. The largest absolute Gasteiger partial charge is 4.00 e. The van der Waals surface area contributed by atoms with Crippen molar-refractivity contribution in [2.75, 3.05) is 0 Å². The third-order valence-electron chi connectivity index (χ3n) is 2.35. The minimum Gasteiger partial charge on any atom is -0.759 e. The van der Waals surface area contributed by atoms with Gasteiger partial charge in [-0.25, -0.2) is 0 Å². The van der Waals surface area contributed by atoms with Crippen LogP contribution in [0.4, 0.5) is 0 Å². The first kappa shape index (κ1) is 36.5. The molecule has 0 aliphatic rings. The summed E-state index contributed by atoms with van der Waals surface area (Å²) in [5, 5.41) is 0. The third-order valence-corrected chi connectivity index (χ3v) is 2.35.